The van der Waals surface area contributed by atoms with Gasteiger partial charge >= 0.3 is 23.5 Å². The second-order valence-electron chi connectivity index (χ2n) is 18.9. The maximum atomic E-state index is 12.8. The molecule has 24 nitrogen and oxygen atoms in total. The zero-order chi connectivity index (χ0) is 52.7. The van der Waals surface area contributed by atoms with E-state index in [1.54, 1.807) is 0 Å². The largest absolute Gasteiger partial charge is 0.481 e. The number of hydrogen-bond acceptors (Lipinski definition) is 18. The van der Waals surface area contributed by atoms with E-state index in [1.165, 1.54) is 104 Å². The van der Waals surface area contributed by atoms with Crippen molar-refractivity contribution in [3.8, 4) is 0 Å². The number of amides is 2. The summed E-state index contributed by atoms with van der Waals surface area (Å²) in [5.41, 5.74) is 4.29. The van der Waals surface area contributed by atoms with E-state index in [4.69, 9.17) is 19.5 Å². The first-order valence-electron chi connectivity index (χ1n) is 24.5. The molecule has 2 amide bonds. The van der Waals surface area contributed by atoms with Crippen LogP contribution in [0.5, 0.6) is 0 Å². The summed E-state index contributed by atoms with van der Waals surface area (Å²) in [5, 5.41) is 26.7. The molecule has 0 bridgehead atoms. The van der Waals surface area contributed by atoms with E-state index < -0.39 is 84.6 Å². The van der Waals surface area contributed by atoms with Crippen molar-refractivity contribution in [1.29, 1.82) is 0 Å². The highest BCUT2D eigenvalue weighted by Gasteiger charge is 2.50. The average Bonchev–Trinajstić information content (AvgIpc) is 3.85. The summed E-state index contributed by atoms with van der Waals surface area (Å²) in [5.74, 6) is -0.194. The Labute approximate surface area is 420 Å². The molecule has 1 aliphatic heterocycles. The van der Waals surface area contributed by atoms with Crippen LogP contribution in [0.2, 0.25) is 0 Å². The Balaban J connectivity index is 1.25. The summed E-state index contributed by atoms with van der Waals surface area (Å²) in [7, 11) is -16.4. The number of phosphoric ester groups is 3. The number of nitrogen functional groups attached to an aromatic ring is 1. The summed E-state index contributed by atoms with van der Waals surface area (Å²) in [6.07, 6.45) is 15.2. The minimum Gasteiger partial charge on any atom is -0.386 e. The van der Waals surface area contributed by atoms with Crippen molar-refractivity contribution in [3.05, 3.63) is 12.7 Å². The third kappa shape index (κ3) is 24.6. The zero-order valence-electron chi connectivity index (χ0n) is 41.4. The third-order valence-corrected chi connectivity index (χ3v) is 15.7. The van der Waals surface area contributed by atoms with Crippen molar-refractivity contribution in [3.63, 3.8) is 0 Å². The lowest BCUT2D eigenvalue weighted by molar-refractivity contribution is -0.137. The molecule has 0 saturated carbocycles. The number of anilines is 1. The molecule has 1 saturated heterocycles. The number of hydrogen-bond donors (Lipinski definition) is 9. The number of ether oxygens (including phenoxy) is 1. The Morgan fingerprint density at radius 2 is 1.38 bits per heavy atom. The van der Waals surface area contributed by atoms with Gasteiger partial charge in [0.25, 0.3) is 0 Å². The maximum Gasteiger partial charge on any atom is 0.481 e. The van der Waals surface area contributed by atoms with Gasteiger partial charge in [-0.15, -0.1) is 0 Å². The van der Waals surface area contributed by atoms with Gasteiger partial charge in [0.2, 0.25) is 11.8 Å². The minimum atomic E-state index is -5.58. The molecule has 10 N–H and O–H groups in total. The van der Waals surface area contributed by atoms with E-state index in [-0.39, 0.29) is 41.6 Å². The number of fused-ring (bicyclic) bond motifs is 1. The van der Waals surface area contributed by atoms with Gasteiger partial charge in [0.15, 0.2) is 22.8 Å². The van der Waals surface area contributed by atoms with Gasteiger partial charge in [-0.25, -0.2) is 28.6 Å². The van der Waals surface area contributed by atoms with Gasteiger partial charge in [-0.05, 0) is 12.3 Å². The second-order valence-corrected chi connectivity index (χ2v) is 24.3. The van der Waals surface area contributed by atoms with Crippen LogP contribution in [-0.2, 0) is 50.7 Å². The van der Waals surface area contributed by atoms with Crippen LogP contribution in [0.4, 0.5) is 5.82 Å². The van der Waals surface area contributed by atoms with Gasteiger partial charge in [-0.3, -0.25) is 32.5 Å². The number of imidazole rings is 1. The smallest absolute Gasteiger partial charge is 0.386 e. The molecular formula is C43H78N7O17P3S. The van der Waals surface area contributed by atoms with Crippen LogP contribution in [0.1, 0.15) is 156 Å². The fourth-order valence-corrected chi connectivity index (χ4v) is 11.2. The molecule has 3 rings (SSSR count). The zero-order valence-corrected chi connectivity index (χ0v) is 44.9. The highest BCUT2D eigenvalue weighted by atomic mass is 32.2. The summed E-state index contributed by atoms with van der Waals surface area (Å²) in [6, 6.07) is 0. The molecule has 408 valence electrons. The number of carbonyl (C=O) groups excluding carboxylic acids is 3. The van der Waals surface area contributed by atoms with Crippen LogP contribution < -0.4 is 16.4 Å². The standard InChI is InChI=1S/C43H78N7O17P3S/c1-31(2)21-19-17-15-13-11-9-7-5-6-8-10-12-14-16-18-20-22-34(52)71-26-25-45-33(51)23-24-46-41(55)38(54)43(3,4)28-64-70(61,62)67-69(59,60)63-27-32-37(66-68(56,57)58)36(53)42(65-32)50-30-49-35-39(44)47-29-48-40(35)50/h29-32,36-38,42,53-54H,5-28H2,1-4H3,(H,45,51)(H,46,55)(H,59,60)(H,61,62)(H2,44,47,48)(H2,56,57,58)/t32-,36-,37-,38+,42-/m1/s1. The Morgan fingerprint density at radius 3 is 1.96 bits per heavy atom. The summed E-state index contributed by atoms with van der Waals surface area (Å²) < 4.78 is 62.5. The Morgan fingerprint density at radius 1 is 0.817 bits per heavy atom. The SMILES string of the molecule is CC(C)CCCCCCCCCCCCCCCCCCC(=O)SCCNC(=O)CCNC(=O)[C@H](O)C(C)(C)COP(=O)(O)OP(=O)(O)OC[C@H]1O[C@@H](n2cnc3c(N)ncnc32)[C@H](O)[C@@H]1OP(=O)(O)O. The normalized spacial score (nSPS) is 19.7. The number of phosphoric acid groups is 3. The number of aliphatic hydroxyl groups is 2. The lowest BCUT2D eigenvalue weighted by Gasteiger charge is -2.30. The molecule has 3 heterocycles. The van der Waals surface area contributed by atoms with Crippen LogP contribution in [0.25, 0.3) is 11.2 Å². The summed E-state index contributed by atoms with van der Waals surface area (Å²) in [6.45, 7) is 5.18. The molecule has 71 heavy (non-hydrogen) atoms. The molecular weight excluding hydrogens is 1010 g/mol. The van der Waals surface area contributed by atoms with E-state index in [1.807, 2.05) is 0 Å². The Hall–Kier alpha value is -2.44. The van der Waals surface area contributed by atoms with Crippen molar-refractivity contribution < 1.29 is 80.5 Å². The van der Waals surface area contributed by atoms with Crippen molar-refractivity contribution in [2.24, 2.45) is 11.3 Å². The molecule has 1 aliphatic rings. The number of unbranched alkanes of at least 4 members (excludes halogenated alkanes) is 15. The molecule has 28 heteroatoms. The molecule has 0 aromatic carbocycles. The Bertz CT molecular complexity index is 2080. The predicted octanol–water partition coefficient (Wildman–Crippen LogP) is 6.34. The molecule has 1 fully saturated rings. The van der Waals surface area contributed by atoms with Crippen LogP contribution in [0.3, 0.4) is 0 Å². The molecule has 2 aromatic rings. The van der Waals surface area contributed by atoms with Gasteiger partial charge < -0.3 is 50.9 Å². The lowest BCUT2D eigenvalue weighted by Crippen LogP contribution is -2.46. The second kappa shape index (κ2) is 31.4. The van der Waals surface area contributed by atoms with E-state index in [0.717, 1.165) is 54.2 Å². The van der Waals surface area contributed by atoms with E-state index in [0.29, 0.717) is 12.2 Å². The van der Waals surface area contributed by atoms with Gasteiger partial charge in [-0.1, -0.05) is 142 Å². The number of thioether (sulfide) groups is 1. The number of aromatic nitrogens is 4. The fraction of sp³-hybridized carbons (Fsp3) is 0.814. The summed E-state index contributed by atoms with van der Waals surface area (Å²) in [4.78, 5) is 88.5. The van der Waals surface area contributed by atoms with Gasteiger partial charge in [0.05, 0.1) is 19.5 Å². The topological polar surface area (TPSA) is 364 Å². The number of aliphatic hydroxyl groups excluding tert-OH is 2. The number of nitrogens with two attached hydrogens (primary N) is 1. The number of nitrogens with zero attached hydrogens (tertiary/aromatic N) is 4. The quantitative estimate of drug-likeness (QED) is 0.0261. The van der Waals surface area contributed by atoms with Crippen molar-refractivity contribution in [2.75, 3.05) is 37.8 Å². The number of carbonyl (C=O) groups is 3. The molecule has 0 aliphatic carbocycles. The third-order valence-electron chi connectivity index (χ3n) is 11.7. The maximum absolute atomic E-state index is 12.8. The predicted molar refractivity (Wildman–Crippen MR) is 265 cm³/mol. The highest BCUT2D eigenvalue weighted by Crippen LogP contribution is 2.61. The van der Waals surface area contributed by atoms with Crippen LogP contribution in [-0.4, -0.2) is 123 Å². The van der Waals surface area contributed by atoms with E-state index in [9.17, 15) is 57.9 Å². The number of rotatable bonds is 38. The first-order chi connectivity index (χ1) is 33.4. The van der Waals surface area contributed by atoms with Crippen LogP contribution in [0, 0.1) is 11.3 Å². The van der Waals surface area contributed by atoms with Gasteiger partial charge in [0, 0.05) is 37.1 Å². The van der Waals surface area contributed by atoms with Crippen LogP contribution >= 0.6 is 35.2 Å². The molecule has 2 aromatic heterocycles. The van der Waals surface area contributed by atoms with E-state index in [2.05, 4.69) is 48.3 Å². The first kappa shape index (κ1) is 62.9. The lowest BCUT2D eigenvalue weighted by atomic mass is 9.87. The average molecular weight is 1090 g/mol. The van der Waals surface area contributed by atoms with Crippen LogP contribution in [0.15, 0.2) is 12.7 Å². The molecule has 7 atom stereocenters. The van der Waals surface area contributed by atoms with Gasteiger partial charge in [0.1, 0.15) is 36.3 Å². The number of nitrogens with one attached hydrogen (secondary N) is 2. The summed E-state index contributed by atoms with van der Waals surface area (Å²) >= 11 is 1.16. The van der Waals surface area contributed by atoms with Gasteiger partial charge in [-0.2, -0.15) is 4.31 Å². The monoisotopic (exact) mass is 1090 g/mol. The van der Waals surface area contributed by atoms with Crippen molar-refractivity contribution >= 4 is 69.1 Å². The Kier molecular flexibility index (Phi) is 27.8. The molecule has 0 spiro atoms. The minimum absolute atomic E-state index is 0.0342. The highest BCUT2D eigenvalue weighted by molar-refractivity contribution is 8.13. The first-order valence-corrected chi connectivity index (χ1v) is 30.0. The molecule has 2 unspecified atom stereocenters. The molecule has 0 radical (unpaired) electrons. The fourth-order valence-electron chi connectivity index (χ4n) is 7.66. The van der Waals surface area contributed by atoms with Crippen molar-refractivity contribution in [1.82, 2.24) is 30.2 Å². The van der Waals surface area contributed by atoms with Crippen molar-refractivity contribution in [2.45, 2.75) is 180 Å². The van der Waals surface area contributed by atoms with E-state index >= 15 is 0 Å².